The average Bonchev–Trinajstić information content (AvgIpc) is 2.60. The van der Waals surface area contributed by atoms with Crippen LogP contribution in [0.4, 0.5) is 0 Å². The molecular weight excluding hydrogens is 334 g/mol. The molecule has 1 aromatic rings. The maximum absolute atomic E-state index is 12.8. The highest BCUT2D eigenvalue weighted by Gasteiger charge is 2.37. The zero-order chi connectivity index (χ0) is 19.3. The van der Waals surface area contributed by atoms with Crippen LogP contribution in [0.1, 0.15) is 25.3 Å². The Morgan fingerprint density at radius 3 is 2.38 bits per heavy atom. The Bertz CT molecular complexity index is 738. The van der Waals surface area contributed by atoms with E-state index < -0.39 is 17.9 Å². The van der Waals surface area contributed by atoms with Gasteiger partial charge < -0.3 is 19.7 Å². The minimum Gasteiger partial charge on any atom is -0.466 e. The molecule has 1 unspecified atom stereocenters. The van der Waals surface area contributed by atoms with Gasteiger partial charge in [0.25, 0.3) is 0 Å². The number of likely N-dealkylation sites (N-methyl/N-ethyl adjacent to an activating group) is 1. The molecule has 0 bridgehead atoms. The second-order valence-electron chi connectivity index (χ2n) is 6.35. The number of ether oxygens (including phenoxy) is 2. The number of aromatic nitrogens is 1. The fourth-order valence-corrected chi connectivity index (χ4v) is 2.92. The highest BCUT2D eigenvalue weighted by Crippen LogP contribution is 2.38. The Morgan fingerprint density at radius 2 is 1.85 bits per heavy atom. The van der Waals surface area contributed by atoms with Gasteiger partial charge >= 0.3 is 11.9 Å². The summed E-state index contributed by atoms with van der Waals surface area (Å²) in [6.45, 7) is 4.46. The smallest absolute Gasteiger partial charge is 0.336 e. The van der Waals surface area contributed by atoms with Crippen molar-refractivity contribution in [3.63, 3.8) is 0 Å². The van der Waals surface area contributed by atoms with Crippen molar-refractivity contribution < 1.29 is 19.1 Å². The van der Waals surface area contributed by atoms with Crippen LogP contribution in [-0.2, 0) is 19.1 Å². The van der Waals surface area contributed by atoms with Crippen molar-refractivity contribution in [2.75, 3.05) is 34.4 Å². The number of carbonyl (C=O) groups excluding carboxylic acids is 2. The molecule has 0 aliphatic carbocycles. The molecule has 2 heterocycles. The van der Waals surface area contributed by atoms with Crippen molar-refractivity contribution in [1.29, 1.82) is 0 Å². The molecule has 0 spiro atoms. The molecule has 140 valence electrons. The SMILES string of the molecule is COC(=O)C1=C(C)NC(C)=C(C(=O)OCCN(C)C)C1c1cccnc1. The summed E-state index contributed by atoms with van der Waals surface area (Å²) in [6, 6.07) is 3.60. The van der Waals surface area contributed by atoms with Crippen LogP contribution in [0.25, 0.3) is 0 Å². The summed E-state index contributed by atoms with van der Waals surface area (Å²) in [4.78, 5) is 31.3. The molecule has 1 atom stereocenters. The van der Waals surface area contributed by atoms with Crippen LogP contribution >= 0.6 is 0 Å². The Morgan fingerprint density at radius 1 is 1.19 bits per heavy atom. The van der Waals surface area contributed by atoms with E-state index in [-0.39, 0.29) is 6.61 Å². The van der Waals surface area contributed by atoms with Gasteiger partial charge in [0.15, 0.2) is 0 Å². The standard InChI is InChI=1S/C19H25N3O4/c1-12-15(18(23)25-5)17(14-7-6-8-20-11-14)16(13(2)21-12)19(24)26-10-9-22(3)4/h6-8,11,17,21H,9-10H2,1-5H3. The molecule has 7 nitrogen and oxygen atoms in total. The Hall–Kier alpha value is -2.67. The predicted octanol–water partition coefficient (Wildman–Crippen LogP) is 1.59. The second-order valence-corrected chi connectivity index (χ2v) is 6.35. The van der Waals surface area contributed by atoms with Crippen LogP contribution in [0.15, 0.2) is 47.1 Å². The molecule has 0 aromatic carbocycles. The summed E-state index contributed by atoms with van der Waals surface area (Å²) in [7, 11) is 5.13. The average molecular weight is 359 g/mol. The summed E-state index contributed by atoms with van der Waals surface area (Å²) in [6.07, 6.45) is 3.29. The van der Waals surface area contributed by atoms with Gasteiger partial charge in [0.2, 0.25) is 0 Å². The van der Waals surface area contributed by atoms with Crippen LogP contribution in [0.5, 0.6) is 0 Å². The fraction of sp³-hybridized carbons (Fsp3) is 0.421. The van der Waals surface area contributed by atoms with E-state index in [1.807, 2.05) is 25.1 Å². The Balaban J connectivity index is 2.45. The van der Waals surface area contributed by atoms with Crippen LogP contribution in [0.3, 0.4) is 0 Å². The quantitative estimate of drug-likeness (QED) is 0.773. The number of nitrogens with zero attached hydrogens (tertiary/aromatic N) is 2. The molecule has 0 amide bonds. The number of dihydropyridines is 1. The first-order chi connectivity index (χ1) is 12.4. The van der Waals surface area contributed by atoms with E-state index in [2.05, 4.69) is 10.3 Å². The zero-order valence-electron chi connectivity index (χ0n) is 15.8. The van der Waals surface area contributed by atoms with Crippen LogP contribution in [0, 0.1) is 0 Å². The van der Waals surface area contributed by atoms with Gasteiger partial charge in [0.05, 0.1) is 24.2 Å². The molecule has 0 saturated heterocycles. The minimum absolute atomic E-state index is 0.263. The first-order valence-corrected chi connectivity index (χ1v) is 8.35. The largest absolute Gasteiger partial charge is 0.466 e. The van der Waals surface area contributed by atoms with E-state index in [9.17, 15) is 9.59 Å². The van der Waals surface area contributed by atoms with E-state index in [4.69, 9.17) is 9.47 Å². The first-order valence-electron chi connectivity index (χ1n) is 8.35. The third-order valence-electron chi connectivity index (χ3n) is 4.17. The summed E-state index contributed by atoms with van der Waals surface area (Å²) >= 11 is 0. The summed E-state index contributed by atoms with van der Waals surface area (Å²) in [5, 5.41) is 3.10. The van der Waals surface area contributed by atoms with E-state index >= 15 is 0 Å². The Kier molecular flexibility index (Phi) is 6.52. The number of methoxy groups -OCH3 is 1. The summed E-state index contributed by atoms with van der Waals surface area (Å²) in [5.41, 5.74) is 2.80. The number of esters is 2. The molecule has 26 heavy (non-hydrogen) atoms. The molecular formula is C19H25N3O4. The molecule has 0 radical (unpaired) electrons. The molecule has 1 aliphatic rings. The topological polar surface area (TPSA) is 80.8 Å². The number of rotatable bonds is 6. The summed E-state index contributed by atoms with van der Waals surface area (Å²) in [5.74, 6) is -1.54. The van der Waals surface area contributed by atoms with Gasteiger partial charge in [0.1, 0.15) is 6.61 Å². The van der Waals surface area contributed by atoms with Crippen molar-refractivity contribution in [2.24, 2.45) is 0 Å². The van der Waals surface area contributed by atoms with Gasteiger partial charge in [-0.2, -0.15) is 0 Å². The third-order valence-corrected chi connectivity index (χ3v) is 4.17. The van der Waals surface area contributed by atoms with Crippen molar-refractivity contribution >= 4 is 11.9 Å². The lowest BCUT2D eigenvalue weighted by Crippen LogP contribution is -2.33. The number of carbonyl (C=O) groups is 2. The van der Waals surface area contributed by atoms with Crippen LogP contribution < -0.4 is 5.32 Å². The number of hydrogen-bond acceptors (Lipinski definition) is 7. The molecule has 7 heteroatoms. The maximum atomic E-state index is 12.8. The lowest BCUT2D eigenvalue weighted by molar-refractivity contribution is -0.139. The molecule has 2 rings (SSSR count). The van der Waals surface area contributed by atoms with Crippen LogP contribution in [-0.4, -0.2) is 56.2 Å². The highest BCUT2D eigenvalue weighted by atomic mass is 16.5. The zero-order valence-corrected chi connectivity index (χ0v) is 15.8. The van der Waals surface area contributed by atoms with Gasteiger partial charge in [-0.15, -0.1) is 0 Å². The Labute approximate surface area is 153 Å². The molecule has 1 aromatic heterocycles. The van der Waals surface area contributed by atoms with Crippen molar-refractivity contribution in [3.8, 4) is 0 Å². The fourth-order valence-electron chi connectivity index (χ4n) is 2.92. The third kappa shape index (κ3) is 4.29. The maximum Gasteiger partial charge on any atom is 0.336 e. The van der Waals surface area contributed by atoms with E-state index in [0.717, 1.165) is 5.56 Å². The van der Waals surface area contributed by atoms with Crippen molar-refractivity contribution in [2.45, 2.75) is 19.8 Å². The van der Waals surface area contributed by atoms with Gasteiger partial charge in [-0.1, -0.05) is 6.07 Å². The molecule has 0 fully saturated rings. The van der Waals surface area contributed by atoms with E-state index in [1.165, 1.54) is 7.11 Å². The van der Waals surface area contributed by atoms with Crippen LogP contribution in [0.2, 0.25) is 0 Å². The van der Waals surface area contributed by atoms with Gasteiger partial charge in [0, 0.05) is 30.3 Å². The predicted molar refractivity (Wildman–Crippen MR) is 97.0 cm³/mol. The summed E-state index contributed by atoms with van der Waals surface area (Å²) < 4.78 is 10.4. The molecule has 1 aliphatic heterocycles. The normalized spacial score (nSPS) is 17.2. The lowest BCUT2D eigenvalue weighted by Gasteiger charge is -2.30. The first kappa shape index (κ1) is 19.7. The lowest BCUT2D eigenvalue weighted by atomic mass is 9.81. The van der Waals surface area contributed by atoms with Gasteiger partial charge in [-0.25, -0.2) is 9.59 Å². The monoisotopic (exact) mass is 359 g/mol. The number of hydrogen-bond donors (Lipinski definition) is 1. The number of nitrogens with one attached hydrogen (secondary N) is 1. The van der Waals surface area contributed by atoms with E-state index in [0.29, 0.717) is 29.1 Å². The van der Waals surface area contributed by atoms with Gasteiger partial charge in [-0.3, -0.25) is 4.98 Å². The van der Waals surface area contributed by atoms with Crippen molar-refractivity contribution in [1.82, 2.24) is 15.2 Å². The second kappa shape index (κ2) is 8.62. The van der Waals surface area contributed by atoms with Gasteiger partial charge in [-0.05, 0) is 39.6 Å². The highest BCUT2D eigenvalue weighted by molar-refractivity contribution is 5.99. The van der Waals surface area contributed by atoms with Crippen molar-refractivity contribution in [3.05, 3.63) is 52.6 Å². The van der Waals surface area contributed by atoms with E-state index in [1.54, 1.807) is 32.3 Å². The number of pyridine rings is 1. The number of allylic oxidation sites excluding steroid dienone is 2. The molecule has 1 N–H and O–H groups in total. The molecule has 0 saturated carbocycles. The minimum atomic E-state index is -0.593.